The third kappa shape index (κ3) is 3.14. The highest BCUT2D eigenvalue weighted by Gasteiger charge is 2.29. The molecule has 3 aromatic heterocycles. The predicted octanol–water partition coefficient (Wildman–Crippen LogP) is 3.59. The Bertz CT molecular complexity index is 967. The van der Waals surface area contributed by atoms with Gasteiger partial charge in [0.1, 0.15) is 12.4 Å². The maximum Gasteiger partial charge on any atom is 0.264 e. The molecule has 3 aromatic rings. The van der Waals surface area contributed by atoms with Gasteiger partial charge < -0.3 is 5.32 Å². The second kappa shape index (κ2) is 6.44. The molecule has 0 unspecified atom stereocenters. The van der Waals surface area contributed by atoms with Gasteiger partial charge in [-0.1, -0.05) is 6.07 Å². The van der Waals surface area contributed by atoms with E-state index in [9.17, 15) is 13.6 Å². The van der Waals surface area contributed by atoms with Gasteiger partial charge in [0.05, 0.1) is 11.1 Å². The van der Waals surface area contributed by atoms with Crippen molar-refractivity contribution >= 4 is 22.8 Å². The minimum absolute atomic E-state index is 0.0641. The van der Waals surface area contributed by atoms with E-state index in [2.05, 4.69) is 20.4 Å². The Hall–Kier alpha value is -2.90. The highest BCUT2D eigenvalue weighted by atomic mass is 19.3. The smallest absolute Gasteiger partial charge is 0.264 e. The molecule has 1 N–H and O–H groups in total. The van der Waals surface area contributed by atoms with Gasteiger partial charge in [0.2, 0.25) is 5.91 Å². The minimum atomic E-state index is -2.61. The van der Waals surface area contributed by atoms with Crippen LogP contribution >= 0.6 is 0 Å². The van der Waals surface area contributed by atoms with Crippen molar-refractivity contribution in [3.8, 4) is 0 Å². The molecule has 1 aliphatic rings. The van der Waals surface area contributed by atoms with E-state index in [1.807, 2.05) is 0 Å². The molecule has 0 atom stereocenters. The van der Waals surface area contributed by atoms with Crippen LogP contribution in [0.1, 0.15) is 42.1 Å². The number of pyridine rings is 2. The molecule has 26 heavy (non-hydrogen) atoms. The molecule has 0 radical (unpaired) electrons. The van der Waals surface area contributed by atoms with Crippen LogP contribution < -0.4 is 5.32 Å². The van der Waals surface area contributed by atoms with Gasteiger partial charge in [-0.25, -0.2) is 23.4 Å². The summed E-state index contributed by atoms with van der Waals surface area (Å²) in [4.78, 5) is 20.9. The fraction of sp³-hybridized carbons (Fsp3) is 0.333. The molecule has 1 saturated carbocycles. The number of rotatable bonds is 5. The van der Waals surface area contributed by atoms with E-state index in [1.54, 1.807) is 31.3 Å². The highest BCUT2D eigenvalue weighted by molar-refractivity contribution is 5.91. The molecule has 1 fully saturated rings. The Balaban J connectivity index is 1.70. The normalized spacial score (nSPS) is 14.2. The average molecular weight is 357 g/mol. The number of nitrogens with one attached hydrogen (secondary N) is 1. The number of alkyl halides is 2. The molecular weight excluding hydrogens is 340 g/mol. The van der Waals surface area contributed by atoms with Gasteiger partial charge in [0, 0.05) is 23.4 Å². The molecule has 1 aliphatic carbocycles. The first-order valence-electron chi connectivity index (χ1n) is 8.40. The number of amides is 1. The molecule has 0 aromatic carbocycles. The van der Waals surface area contributed by atoms with Crippen molar-refractivity contribution < 1.29 is 13.6 Å². The summed E-state index contributed by atoms with van der Waals surface area (Å²) in [5, 5.41) is 7.27. The number of anilines is 1. The molecular formula is C18H17F2N5O. The molecule has 1 amide bonds. The largest absolute Gasteiger partial charge is 0.309 e. The fourth-order valence-electron chi connectivity index (χ4n) is 3.03. The molecule has 3 heterocycles. The summed E-state index contributed by atoms with van der Waals surface area (Å²) >= 11 is 0. The molecule has 0 saturated heterocycles. The predicted molar refractivity (Wildman–Crippen MR) is 92.1 cm³/mol. The van der Waals surface area contributed by atoms with Gasteiger partial charge in [-0.2, -0.15) is 5.10 Å². The number of nitrogens with zero attached hydrogens (tertiary/aromatic N) is 4. The van der Waals surface area contributed by atoms with Crippen molar-refractivity contribution in [1.29, 1.82) is 0 Å². The van der Waals surface area contributed by atoms with Crippen molar-refractivity contribution in [3.63, 3.8) is 0 Å². The summed E-state index contributed by atoms with van der Waals surface area (Å²) in [5.74, 6) is 0.304. The van der Waals surface area contributed by atoms with Gasteiger partial charge in [-0.05, 0) is 38.0 Å². The lowest BCUT2D eigenvalue weighted by Gasteiger charge is -2.08. The summed E-state index contributed by atoms with van der Waals surface area (Å²) in [5.41, 5.74) is 1.36. The Labute approximate surface area is 148 Å². The van der Waals surface area contributed by atoms with Crippen LogP contribution in [-0.2, 0) is 11.3 Å². The maximum absolute atomic E-state index is 13.5. The molecule has 0 bridgehead atoms. The molecule has 4 rings (SSSR count). The van der Waals surface area contributed by atoms with Crippen LogP contribution in [0.5, 0.6) is 0 Å². The quantitative estimate of drug-likeness (QED) is 0.757. The van der Waals surface area contributed by atoms with Gasteiger partial charge in [-0.3, -0.25) is 4.79 Å². The standard InChI is InChI=1S/C18H17F2N5O/c1-10-16-12(17(19)20)8-13(11-5-6-11)22-18(16)25(24-10)9-15(26)23-14-4-2-3-7-21-14/h2-4,7-8,11,17H,5-6,9H2,1H3,(H,21,23,26). The van der Waals surface area contributed by atoms with Crippen LogP contribution in [0.4, 0.5) is 14.6 Å². The SMILES string of the molecule is Cc1nn(CC(=O)Nc2ccccn2)c2nc(C3CC3)cc(C(F)F)c12. The van der Waals surface area contributed by atoms with Crippen LogP contribution in [0, 0.1) is 6.92 Å². The summed E-state index contributed by atoms with van der Waals surface area (Å²) in [6.45, 7) is 1.53. The lowest BCUT2D eigenvalue weighted by atomic mass is 10.1. The molecule has 0 spiro atoms. The van der Waals surface area contributed by atoms with E-state index in [0.717, 1.165) is 12.8 Å². The summed E-state index contributed by atoms with van der Waals surface area (Å²) in [6.07, 6.45) is 0.862. The number of carbonyl (C=O) groups is 1. The number of hydrogen-bond donors (Lipinski definition) is 1. The van der Waals surface area contributed by atoms with Gasteiger partial charge in [0.15, 0.2) is 5.65 Å². The molecule has 134 valence electrons. The van der Waals surface area contributed by atoms with Crippen molar-refractivity contribution in [1.82, 2.24) is 19.7 Å². The second-order valence-electron chi connectivity index (χ2n) is 6.42. The lowest BCUT2D eigenvalue weighted by molar-refractivity contribution is -0.116. The zero-order chi connectivity index (χ0) is 18.3. The number of carbonyl (C=O) groups excluding carboxylic acids is 1. The van der Waals surface area contributed by atoms with Crippen LogP contribution in [0.3, 0.4) is 0 Å². The number of halogens is 2. The Kier molecular flexibility index (Phi) is 4.10. The highest BCUT2D eigenvalue weighted by Crippen LogP contribution is 2.41. The third-order valence-electron chi connectivity index (χ3n) is 4.38. The summed E-state index contributed by atoms with van der Waals surface area (Å²) in [6, 6.07) is 6.66. The fourth-order valence-corrected chi connectivity index (χ4v) is 3.03. The van der Waals surface area contributed by atoms with Crippen molar-refractivity contribution in [2.75, 3.05) is 5.32 Å². The number of hydrogen-bond acceptors (Lipinski definition) is 4. The molecule has 6 nitrogen and oxygen atoms in total. The van der Waals surface area contributed by atoms with Crippen molar-refractivity contribution in [2.45, 2.75) is 38.7 Å². The molecule has 8 heteroatoms. The first kappa shape index (κ1) is 16.6. The Morgan fingerprint density at radius 2 is 2.19 bits per heavy atom. The lowest BCUT2D eigenvalue weighted by Crippen LogP contribution is -2.20. The average Bonchev–Trinajstić information content (AvgIpc) is 3.41. The van der Waals surface area contributed by atoms with E-state index < -0.39 is 6.43 Å². The summed E-state index contributed by atoms with van der Waals surface area (Å²) in [7, 11) is 0. The Morgan fingerprint density at radius 3 is 2.85 bits per heavy atom. The van der Waals surface area contributed by atoms with E-state index >= 15 is 0 Å². The van der Waals surface area contributed by atoms with Gasteiger partial charge in [0.25, 0.3) is 6.43 Å². The zero-order valence-corrected chi connectivity index (χ0v) is 14.1. The van der Waals surface area contributed by atoms with Crippen LogP contribution in [0.25, 0.3) is 11.0 Å². The van der Waals surface area contributed by atoms with E-state index in [-0.39, 0.29) is 23.9 Å². The van der Waals surface area contributed by atoms with Crippen LogP contribution in [-0.4, -0.2) is 25.7 Å². The third-order valence-corrected chi connectivity index (χ3v) is 4.38. The Morgan fingerprint density at radius 1 is 1.38 bits per heavy atom. The molecule has 0 aliphatic heterocycles. The van der Waals surface area contributed by atoms with Crippen LogP contribution in [0.2, 0.25) is 0 Å². The van der Waals surface area contributed by atoms with Crippen LogP contribution in [0.15, 0.2) is 30.5 Å². The zero-order valence-electron chi connectivity index (χ0n) is 14.1. The monoisotopic (exact) mass is 357 g/mol. The van der Waals surface area contributed by atoms with E-state index in [0.29, 0.717) is 28.2 Å². The minimum Gasteiger partial charge on any atom is -0.309 e. The second-order valence-corrected chi connectivity index (χ2v) is 6.42. The van der Waals surface area contributed by atoms with Crippen molar-refractivity contribution in [2.24, 2.45) is 0 Å². The summed E-state index contributed by atoms with van der Waals surface area (Å²) < 4.78 is 28.5. The first-order valence-corrected chi connectivity index (χ1v) is 8.40. The number of aromatic nitrogens is 4. The topological polar surface area (TPSA) is 72.7 Å². The van der Waals surface area contributed by atoms with Gasteiger partial charge >= 0.3 is 0 Å². The number of aryl methyl sites for hydroxylation is 1. The van der Waals surface area contributed by atoms with E-state index in [4.69, 9.17) is 0 Å². The first-order chi connectivity index (χ1) is 12.5. The number of fused-ring (bicyclic) bond motifs is 1. The maximum atomic E-state index is 13.5. The van der Waals surface area contributed by atoms with Crippen molar-refractivity contribution in [3.05, 3.63) is 47.4 Å². The van der Waals surface area contributed by atoms with E-state index in [1.165, 1.54) is 10.7 Å². The van der Waals surface area contributed by atoms with Gasteiger partial charge in [-0.15, -0.1) is 0 Å².